The third-order valence-corrected chi connectivity index (χ3v) is 6.72. The van der Waals surface area contributed by atoms with E-state index in [1.165, 1.54) is 23.5 Å². The molecule has 0 unspecified atom stereocenters. The van der Waals surface area contributed by atoms with Crippen LogP contribution in [0.5, 0.6) is 0 Å². The summed E-state index contributed by atoms with van der Waals surface area (Å²) in [7, 11) is -3.74. The molecule has 0 atom stereocenters. The van der Waals surface area contributed by atoms with E-state index in [9.17, 15) is 8.42 Å². The molecule has 8 heteroatoms. The Kier molecular flexibility index (Phi) is 5.07. The van der Waals surface area contributed by atoms with Crippen LogP contribution in [0.2, 0.25) is 9.36 Å². The van der Waals surface area contributed by atoms with Crippen molar-refractivity contribution in [2.24, 2.45) is 5.14 Å². The largest absolute Gasteiger partial charge is 0.316 e. The SMILES string of the molecule is NS(=O)(=O)c1ccc(-n2cc(-c3ccc(Cl)s3)cc2-c2ccc(Cl)cc2)cc1. The van der Waals surface area contributed by atoms with E-state index in [-0.39, 0.29) is 4.90 Å². The van der Waals surface area contributed by atoms with Gasteiger partial charge in [-0.2, -0.15) is 0 Å². The summed E-state index contributed by atoms with van der Waals surface area (Å²) in [6.07, 6.45) is 2.00. The zero-order valence-electron chi connectivity index (χ0n) is 14.3. The number of benzene rings is 2. The molecule has 2 aromatic carbocycles. The molecular formula is C20H14Cl2N2O2S2. The van der Waals surface area contributed by atoms with Gasteiger partial charge in [-0.1, -0.05) is 35.3 Å². The monoisotopic (exact) mass is 448 g/mol. The van der Waals surface area contributed by atoms with Gasteiger partial charge in [0.05, 0.1) is 14.9 Å². The number of aromatic nitrogens is 1. The summed E-state index contributed by atoms with van der Waals surface area (Å²) < 4.78 is 25.8. The average Bonchev–Trinajstić information content (AvgIpc) is 3.28. The molecule has 0 fully saturated rings. The van der Waals surface area contributed by atoms with Gasteiger partial charge in [0.2, 0.25) is 10.0 Å². The number of sulfonamides is 1. The van der Waals surface area contributed by atoms with Crippen molar-refractivity contribution >= 4 is 44.6 Å². The highest BCUT2D eigenvalue weighted by atomic mass is 35.5. The van der Waals surface area contributed by atoms with Crippen LogP contribution in [0.1, 0.15) is 0 Å². The Balaban J connectivity index is 1.87. The van der Waals surface area contributed by atoms with Gasteiger partial charge in [0, 0.05) is 27.3 Å². The van der Waals surface area contributed by atoms with Crippen molar-refractivity contribution in [2.75, 3.05) is 0 Å². The van der Waals surface area contributed by atoms with E-state index < -0.39 is 10.0 Å². The minimum absolute atomic E-state index is 0.0710. The summed E-state index contributed by atoms with van der Waals surface area (Å²) in [4.78, 5) is 1.11. The van der Waals surface area contributed by atoms with Gasteiger partial charge in [-0.05, 0) is 60.2 Å². The maximum atomic E-state index is 11.5. The molecule has 4 aromatic rings. The third kappa shape index (κ3) is 3.87. The molecule has 2 heterocycles. The van der Waals surface area contributed by atoms with Gasteiger partial charge in [0.1, 0.15) is 0 Å². The lowest BCUT2D eigenvalue weighted by atomic mass is 10.1. The van der Waals surface area contributed by atoms with Crippen LogP contribution in [0.4, 0.5) is 0 Å². The fourth-order valence-corrected chi connectivity index (χ4v) is 4.59. The Hall–Kier alpha value is -2.09. The zero-order chi connectivity index (χ0) is 19.9. The molecule has 0 radical (unpaired) electrons. The predicted molar refractivity (Wildman–Crippen MR) is 116 cm³/mol. The number of hydrogen-bond donors (Lipinski definition) is 1. The third-order valence-electron chi connectivity index (χ3n) is 4.26. The second-order valence-corrected chi connectivity index (χ2v) is 9.85. The van der Waals surface area contributed by atoms with Gasteiger partial charge in [-0.15, -0.1) is 11.3 Å². The summed E-state index contributed by atoms with van der Waals surface area (Å²) in [5.74, 6) is 0. The van der Waals surface area contributed by atoms with Crippen LogP contribution in [0, 0.1) is 0 Å². The summed E-state index contributed by atoms with van der Waals surface area (Å²) in [6, 6.07) is 19.9. The van der Waals surface area contributed by atoms with Crippen LogP contribution in [0.3, 0.4) is 0 Å². The van der Waals surface area contributed by atoms with Crippen LogP contribution in [-0.4, -0.2) is 13.0 Å². The highest BCUT2D eigenvalue weighted by Crippen LogP contribution is 2.36. The summed E-state index contributed by atoms with van der Waals surface area (Å²) in [5.41, 5.74) is 3.75. The summed E-state index contributed by atoms with van der Waals surface area (Å²) in [5, 5.41) is 5.86. The highest BCUT2D eigenvalue weighted by molar-refractivity contribution is 7.89. The maximum Gasteiger partial charge on any atom is 0.238 e. The van der Waals surface area contributed by atoms with Crippen LogP contribution in [0.15, 0.2) is 77.8 Å². The number of nitrogens with two attached hydrogens (primary N) is 1. The molecule has 0 bridgehead atoms. The summed E-state index contributed by atoms with van der Waals surface area (Å²) >= 11 is 13.6. The topological polar surface area (TPSA) is 65.1 Å². The number of nitrogens with zero attached hydrogens (tertiary/aromatic N) is 1. The van der Waals surface area contributed by atoms with Gasteiger partial charge in [-0.25, -0.2) is 13.6 Å². The lowest BCUT2D eigenvalue weighted by molar-refractivity contribution is 0.598. The number of primary sulfonamides is 1. The average molecular weight is 449 g/mol. The van der Waals surface area contributed by atoms with Gasteiger partial charge >= 0.3 is 0 Å². The van der Waals surface area contributed by atoms with Crippen LogP contribution < -0.4 is 5.14 Å². The molecule has 0 aliphatic carbocycles. The van der Waals surface area contributed by atoms with E-state index in [2.05, 4.69) is 6.07 Å². The molecule has 28 heavy (non-hydrogen) atoms. The minimum Gasteiger partial charge on any atom is -0.316 e. The van der Waals surface area contributed by atoms with Gasteiger partial charge < -0.3 is 4.57 Å². The second-order valence-electron chi connectivity index (χ2n) is 6.13. The van der Waals surface area contributed by atoms with E-state index >= 15 is 0 Å². The second kappa shape index (κ2) is 7.39. The molecule has 4 rings (SSSR count). The highest BCUT2D eigenvalue weighted by Gasteiger charge is 2.14. The van der Waals surface area contributed by atoms with E-state index in [0.29, 0.717) is 9.36 Å². The van der Waals surface area contributed by atoms with Gasteiger partial charge in [0.25, 0.3) is 0 Å². The van der Waals surface area contributed by atoms with E-state index in [1.54, 1.807) is 12.1 Å². The quantitative estimate of drug-likeness (QED) is 0.426. The van der Waals surface area contributed by atoms with Crippen LogP contribution in [-0.2, 0) is 10.0 Å². The first-order valence-corrected chi connectivity index (χ1v) is 11.3. The van der Waals surface area contributed by atoms with Gasteiger partial charge in [-0.3, -0.25) is 0 Å². The molecular weight excluding hydrogens is 435 g/mol. The number of hydrogen-bond acceptors (Lipinski definition) is 3. The fraction of sp³-hybridized carbons (Fsp3) is 0. The first-order valence-electron chi connectivity index (χ1n) is 8.18. The van der Waals surface area contributed by atoms with Crippen molar-refractivity contribution in [1.82, 2.24) is 4.57 Å². The smallest absolute Gasteiger partial charge is 0.238 e. The molecule has 2 N–H and O–H groups in total. The van der Waals surface area contributed by atoms with Crippen LogP contribution in [0.25, 0.3) is 27.4 Å². The normalized spacial score (nSPS) is 11.7. The molecule has 0 aliphatic rings. The van der Waals surface area contributed by atoms with E-state index in [4.69, 9.17) is 28.3 Å². The molecule has 2 aromatic heterocycles. The van der Waals surface area contributed by atoms with Crippen molar-refractivity contribution in [2.45, 2.75) is 4.90 Å². The number of halogens is 2. The Morgan fingerprint density at radius 1 is 0.857 bits per heavy atom. The molecule has 0 amide bonds. The van der Waals surface area contributed by atoms with Crippen molar-refractivity contribution in [3.63, 3.8) is 0 Å². The Bertz CT molecular complexity index is 1240. The zero-order valence-corrected chi connectivity index (χ0v) is 17.5. The Morgan fingerprint density at radius 3 is 2.11 bits per heavy atom. The van der Waals surface area contributed by atoms with Crippen molar-refractivity contribution in [3.05, 3.63) is 82.3 Å². The van der Waals surface area contributed by atoms with Crippen molar-refractivity contribution in [1.29, 1.82) is 0 Å². The van der Waals surface area contributed by atoms with Crippen molar-refractivity contribution < 1.29 is 8.42 Å². The first-order chi connectivity index (χ1) is 13.3. The number of rotatable bonds is 4. The predicted octanol–water partition coefficient (Wildman–Crippen LogP) is 5.83. The molecule has 142 valence electrons. The molecule has 4 nitrogen and oxygen atoms in total. The Labute approximate surface area is 176 Å². The molecule has 0 spiro atoms. The van der Waals surface area contributed by atoms with Crippen molar-refractivity contribution in [3.8, 4) is 27.4 Å². The lowest BCUT2D eigenvalue weighted by Crippen LogP contribution is -2.12. The van der Waals surface area contributed by atoms with E-state index in [1.807, 2.05) is 47.2 Å². The Morgan fingerprint density at radius 2 is 1.54 bits per heavy atom. The van der Waals surface area contributed by atoms with Crippen LogP contribution >= 0.6 is 34.5 Å². The van der Waals surface area contributed by atoms with Gasteiger partial charge in [0.15, 0.2) is 0 Å². The minimum atomic E-state index is -3.74. The van der Waals surface area contributed by atoms with E-state index in [0.717, 1.165) is 27.4 Å². The summed E-state index contributed by atoms with van der Waals surface area (Å²) in [6.45, 7) is 0. The number of thiophene rings is 1. The molecule has 0 aliphatic heterocycles. The fourth-order valence-electron chi connectivity index (χ4n) is 2.92. The molecule has 0 saturated carbocycles. The standard InChI is InChI=1S/C20H14Cl2N2O2S2/c21-15-3-1-13(2-4-15)18-11-14(19-9-10-20(22)27-19)12-24(18)16-5-7-17(8-6-16)28(23,25)26/h1-12H,(H2,23,25,26). The lowest BCUT2D eigenvalue weighted by Gasteiger charge is -2.10. The maximum absolute atomic E-state index is 11.5. The first kappa shape index (κ1) is 19.2. The molecule has 0 saturated heterocycles.